The molecule has 1 spiro atoms. The molecule has 26 heavy (non-hydrogen) atoms. The Morgan fingerprint density at radius 2 is 1.96 bits per heavy atom. The van der Waals surface area contributed by atoms with Gasteiger partial charge < -0.3 is 9.67 Å². The number of piperidine rings is 1. The number of nitrogens with zero attached hydrogens (tertiary/aromatic N) is 3. The van der Waals surface area contributed by atoms with Crippen molar-refractivity contribution in [3.8, 4) is 11.3 Å². The number of fused-ring (bicyclic) bond motifs is 3. The summed E-state index contributed by atoms with van der Waals surface area (Å²) >= 11 is 0. The first-order valence-electron chi connectivity index (χ1n) is 9.15. The van der Waals surface area contributed by atoms with Crippen LogP contribution in [0.2, 0.25) is 0 Å². The van der Waals surface area contributed by atoms with E-state index in [1.807, 2.05) is 18.6 Å². The number of hydrogen-bond donors (Lipinski definition) is 1. The van der Waals surface area contributed by atoms with Gasteiger partial charge in [-0.15, -0.1) is 0 Å². The highest BCUT2D eigenvalue weighted by molar-refractivity contribution is 7.88. The van der Waals surface area contributed by atoms with E-state index in [0.717, 1.165) is 25.0 Å². The predicted molar refractivity (Wildman–Crippen MR) is 98.0 cm³/mol. The van der Waals surface area contributed by atoms with E-state index in [1.54, 1.807) is 0 Å². The Hall–Kier alpha value is -1.70. The molecule has 2 aromatic rings. The zero-order chi connectivity index (χ0) is 18.1. The van der Waals surface area contributed by atoms with Crippen LogP contribution in [0.3, 0.4) is 0 Å². The zero-order valence-corrected chi connectivity index (χ0v) is 15.6. The largest absolute Gasteiger partial charge is 0.392 e. The first-order valence-corrected chi connectivity index (χ1v) is 11.0. The molecule has 1 saturated carbocycles. The van der Waals surface area contributed by atoms with Crippen molar-refractivity contribution in [2.75, 3.05) is 19.3 Å². The Bertz CT molecular complexity index is 960. The smallest absolute Gasteiger partial charge is 0.211 e. The molecule has 3 aliphatic rings. The van der Waals surface area contributed by atoms with E-state index in [0.29, 0.717) is 13.1 Å². The molecule has 0 radical (unpaired) electrons. The van der Waals surface area contributed by atoms with Crippen molar-refractivity contribution in [2.24, 2.45) is 11.3 Å². The summed E-state index contributed by atoms with van der Waals surface area (Å²) in [4.78, 5) is 4.31. The lowest BCUT2D eigenvalue weighted by atomic mass is 9.53. The molecule has 0 amide bonds. The van der Waals surface area contributed by atoms with Crippen molar-refractivity contribution in [2.45, 2.75) is 31.4 Å². The molecule has 6 nitrogen and oxygen atoms in total. The third-order valence-corrected chi connectivity index (χ3v) is 8.09. The van der Waals surface area contributed by atoms with Crippen LogP contribution < -0.4 is 0 Å². The van der Waals surface area contributed by atoms with E-state index in [1.165, 1.54) is 21.7 Å². The van der Waals surface area contributed by atoms with Crippen LogP contribution in [0.5, 0.6) is 0 Å². The number of sulfonamides is 1. The Kier molecular flexibility index (Phi) is 3.42. The molecule has 3 heterocycles. The van der Waals surface area contributed by atoms with Crippen LogP contribution in [0.15, 0.2) is 36.8 Å². The molecule has 1 aliphatic carbocycles. The second-order valence-electron chi connectivity index (χ2n) is 8.06. The Balaban J connectivity index is 1.40. The van der Waals surface area contributed by atoms with Crippen LogP contribution in [0.25, 0.3) is 11.3 Å². The summed E-state index contributed by atoms with van der Waals surface area (Å²) in [5, 5.41) is 11.1. The molecule has 3 atom stereocenters. The average Bonchev–Trinajstić information content (AvgIpc) is 3.20. The van der Waals surface area contributed by atoms with Crippen molar-refractivity contribution < 1.29 is 13.5 Å². The number of benzene rings is 1. The fraction of sp³-hybridized carbons (Fsp3) is 0.526. The van der Waals surface area contributed by atoms with Gasteiger partial charge in [-0.3, -0.25) is 0 Å². The van der Waals surface area contributed by atoms with Crippen LogP contribution in [0, 0.1) is 11.3 Å². The van der Waals surface area contributed by atoms with Gasteiger partial charge in [0.05, 0.1) is 36.6 Å². The van der Waals surface area contributed by atoms with Crippen LogP contribution in [-0.2, 0) is 10.0 Å². The summed E-state index contributed by atoms with van der Waals surface area (Å²) in [6.07, 6.45) is 7.03. The topological polar surface area (TPSA) is 75.4 Å². The van der Waals surface area contributed by atoms with Crippen LogP contribution >= 0.6 is 0 Å². The van der Waals surface area contributed by atoms with Gasteiger partial charge >= 0.3 is 0 Å². The number of aliphatic hydroxyl groups is 1. The minimum Gasteiger partial charge on any atom is -0.392 e. The SMILES string of the molecule is CS(=O)(=O)N1CCC2(CC1)C[C@H]([C@H]1c3ccccc3-c3cncn31)[C@@H]2O. The Morgan fingerprint density at radius 1 is 1.23 bits per heavy atom. The molecular weight excluding hydrogens is 350 g/mol. The Morgan fingerprint density at radius 3 is 2.65 bits per heavy atom. The molecule has 5 rings (SSSR count). The summed E-state index contributed by atoms with van der Waals surface area (Å²) in [5.41, 5.74) is 3.45. The molecule has 7 heteroatoms. The molecule has 1 aromatic carbocycles. The summed E-state index contributed by atoms with van der Waals surface area (Å²) < 4.78 is 27.2. The number of hydrogen-bond acceptors (Lipinski definition) is 4. The lowest BCUT2D eigenvalue weighted by Gasteiger charge is -2.57. The van der Waals surface area contributed by atoms with E-state index >= 15 is 0 Å². The summed E-state index contributed by atoms with van der Waals surface area (Å²) in [6.45, 7) is 1.03. The van der Waals surface area contributed by atoms with Gasteiger partial charge in [-0.05, 0) is 30.2 Å². The minimum absolute atomic E-state index is 0.122. The van der Waals surface area contributed by atoms with E-state index in [4.69, 9.17) is 0 Å². The standard InChI is InChI=1S/C19H23N3O3S/c1-26(24,25)21-8-6-19(7-9-21)10-15(18(19)23)17-14-5-3-2-4-13(14)16-11-20-12-22(16)17/h2-5,11-12,15,17-18,23H,6-10H2,1H3/t15-,17-,18+/m1/s1. The molecule has 2 aliphatic heterocycles. The Labute approximate surface area is 153 Å². The van der Waals surface area contributed by atoms with E-state index in [-0.39, 0.29) is 17.4 Å². The highest BCUT2D eigenvalue weighted by atomic mass is 32.2. The van der Waals surface area contributed by atoms with Gasteiger partial charge in [0, 0.05) is 24.6 Å². The predicted octanol–water partition coefficient (Wildman–Crippen LogP) is 1.88. The van der Waals surface area contributed by atoms with E-state index in [2.05, 4.69) is 27.8 Å². The van der Waals surface area contributed by atoms with Crippen LogP contribution in [-0.4, -0.2) is 52.8 Å². The van der Waals surface area contributed by atoms with E-state index in [9.17, 15) is 13.5 Å². The highest BCUT2D eigenvalue weighted by Gasteiger charge is 2.58. The third-order valence-electron chi connectivity index (χ3n) is 6.79. The van der Waals surface area contributed by atoms with E-state index < -0.39 is 16.1 Å². The normalized spacial score (nSPS) is 30.0. The average molecular weight is 373 g/mol. The van der Waals surface area contributed by atoms with Gasteiger partial charge in [0.2, 0.25) is 10.0 Å². The molecule has 2 fully saturated rings. The van der Waals surface area contributed by atoms with Gasteiger partial charge in [-0.25, -0.2) is 17.7 Å². The summed E-state index contributed by atoms with van der Waals surface area (Å²) in [6, 6.07) is 8.48. The monoisotopic (exact) mass is 373 g/mol. The van der Waals surface area contributed by atoms with Crippen LogP contribution in [0.1, 0.15) is 30.9 Å². The summed E-state index contributed by atoms with van der Waals surface area (Å²) in [7, 11) is -3.14. The van der Waals surface area contributed by atoms with Gasteiger partial charge in [-0.1, -0.05) is 24.3 Å². The third kappa shape index (κ3) is 2.17. The zero-order valence-electron chi connectivity index (χ0n) is 14.7. The number of aromatic nitrogens is 2. The first kappa shape index (κ1) is 16.5. The first-order chi connectivity index (χ1) is 12.4. The maximum atomic E-state index is 11.8. The maximum Gasteiger partial charge on any atom is 0.211 e. The quantitative estimate of drug-likeness (QED) is 0.872. The maximum absolute atomic E-state index is 11.8. The fourth-order valence-corrected chi connectivity index (χ4v) is 6.20. The molecular formula is C19H23N3O3S. The molecule has 0 unspecified atom stereocenters. The fourth-order valence-electron chi connectivity index (χ4n) is 5.35. The number of aliphatic hydroxyl groups excluding tert-OH is 1. The molecule has 138 valence electrons. The molecule has 1 aromatic heterocycles. The molecule has 1 N–H and O–H groups in total. The van der Waals surface area contributed by atoms with Crippen LogP contribution in [0.4, 0.5) is 0 Å². The van der Waals surface area contributed by atoms with Gasteiger partial charge in [0.15, 0.2) is 0 Å². The second-order valence-corrected chi connectivity index (χ2v) is 10.0. The van der Waals surface area contributed by atoms with Gasteiger partial charge in [0.1, 0.15) is 0 Å². The lowest BCUT2D eigenvalue weighted by Crippen LogP contribution is -2.59. The number of rotatable bonds is 2. The summed E-state index contributed by atoms with van der Waals surface area (Å²) in [5.74, 6) is 0.149. The molecule has 1 saturated heterocycles. The van der Waals surface area contributed by atoms with Crippen molar-refractivity contribution >= 4 is 10.0 Å². The van der Waals surface area contributed by atoms with Crippen molar-refractivity contribution in [3.05, 3.63) is 42.4 Å². The number of imidazole rings is 1. The van der Waals surface area contributed by atoms with Gasteiger partial charge in [-0.2, -0.15) is 0 Å². The van der Waals surface area contributed by atoms with Gasteiger partial charge in [0.25, 0.3) is 0 Å². The molecule has 0 bridgehead atoms. The van der Waals surface area contributed by atoms with Crippen molar-refractivity contribution in [1.29, 1.82) is 0 Å². The highest BCUT2D eigenvalue weighted by Crippen LogP contribution is 2.59. The van der Waals surface area contributed by atoms with Crippen molar-refractivity contribution in [1.82, 2.24) is 13.9 Å². The minimum atomic E-state index is -3.14. The van der Waals surface area contributed by atoms with Crippen molar-refractivity contribution in [3.63, 3.8) is 0 Å². The second kappa shape index (κ2) is 5.41. The lowest BCUT2D eigenvalue weighted by molar-refractivity contribution is -0.152.